The van der Waals surface area contributed by atoms with Crippen LogP contribution in [0.2, 0.25) is 0 Å². The van der Waals surface area contributed by atoms with Crippen molar-refractivity contribution in [3.63, 3.8) is 0 Å². The fourth-order valence-corrected chi connectivity index (χ4v) is 2.94. The number of ether oxygens (including phenoxy) is 1. The van der Waals surface area contributed by atoms with Gasteiger partial charge in [-0.05, 0) is 50.1 Å². The topological polar surface area (TPSA) is 56.5 Å². The van der Waals surface area contributed by atoms with E-state index in [1.807, 2.05) is 0 Å². The molecule has 0 amide bonds. The number of rotatable bonds is 7. The first kappa shape index (κ1) is 15.8. The lowest BCUT2D eigenvalue weighted by atomic mass is 10.1. The zero-order chi connectivity index (χ0) is 15.1. The van der Waals surface area contributed by atoms with Gasteiger partial charge in [0.2, 0.25) is 0 Å². The van der Waals surface area contributed by atoms with E-state index in [1.54, 1.807) is 24.3 Å². The van der Waals surface area contributed by atoms with Crippen molar-refractivity contribution < 1.29 is 9.84 Å². The minimum atomic E-state index is -0.493. The van der Waals surface area contributed by atoms with E-state index in [-0.39, 0.29) is 6.61 Å². The largest absolute Gasteiger partial charge is 0.491 e. The minimum Gasteiger partial charge on any atom is -0.491 e. The highest BCUT2D eigenvalue weighted by atomic mass is 16.5. The van der Waals surface area contributed by atoms with E-state index in [0.29, 0.717) is 17.9 Å². The van der Waals surface area contributed by atoms with Crippen LogP contribution in [0.25, 0.3) is 0 Å². The van der Waals surface area contributed by atoms with Crippen molar-refractivity contribution in [2.45, 2.75) is 31.8 Å². The molecule has 2 rings (SSSR count). The number of aliphatic hydroxyl groups excluding tert-OH is 1. The van der Waals surface area contributed by atoms with Gasteiger partial charge in [-0.25, -0.2) is 0 Å². The third-order valence-electron chi connectivity index (χ3n) is 3.99. The highest BCUT2D eigenvalue weighted by Crippen LogP contribution is 2.25. The van der Waals surface area contributed by atoms with Gasteiger partial charge >= 0.3 is 0 Å². The maximum atomic E-state index is 10.0. The van der Waals surface area contributed by atoms with Crippen molar-refractivity contribution in [3.8, 4) is 11.8 Å². The summed E-state index contributed by atoms with van der Waals surface area (Å²) in [6, 6.07) is 9.02. The molecule has 0 spiro atoms. The van der Waals surface area contributed by atoms with Gasteiger partial charge in [0.1, 0.15) is 18.5 Å². The van der Waals surface area contributed by atoms with Crippen LogP contribution >= 0.6 is 0 Å². The summed E-state index contributed by atoms with van der Waals surface area (Å²) in [5, 5.41) is 18.8. The van der Waals surface area contributed by atoms with E-state index < -0.39 is 6.10 Å². The van der Waals surface area contributed by atoms with Gasteiger partial charge < -0.3 is 14.7 Å². The molecule has 1 atom stereocenters. The Morgan fingerprint density at radius 2 is 2.00 bits per heavy atom. The molecule has 1 aromatic rings. The Hall–Kier alpha value is -1.57. The normalized spacial score (nSPS) is 16.9. The predicted molar refractivity (Wildman–Crippen MR) is 82.1 cm³/mol. The first-order valence-corrected chi connectivity index (χ1v) is 7.67. The van der Waals surface area contributed by atoms with Gasteiger partial charge in [-0.3, -0.25) is 0 Å². The van der Waals surface area contributed by atoms with Crippen molar-refractivity contribution in [1.29, 1.82) is 5.26 Å². The quantitative estimate of drug-likeness (QED) is 0.837. The van der Waals surface area contributed by atoms with E-state index in [1.165, 1.54) is 25.7 Å². The zero-order valence-corrected chi connectivity index (χ0v) is 12.7. The molecule has 1 N–H and O–H groups in total. The number of benzene rings is 1. The van der Waals surface area contributed by atoms with Crippen molar-refractivity contribution in [3.05, 3.63) is 29.8 Å². The van der Waals surface area contributed by atoms with E-state index >= 15 is 0 Å². The van der Waals surface area contributed by atoms with Crippen molar-refractivity contribution in [2.75, 3.05) is 26.7 Å². The molecule has 4 nitrogen and oxygen atoms in total. The van der Waals surface area contributed by atoms with Gasteiger partial charge in [-0.2, -0.15) is 5.26 Å². The van der Waals surface area contributed by atoms with E-state index in [9.17, 15) is 5.11 Å². The van der Waals surface area contributed by atoms with Gasteiger partial charge in [0.25, 0.3) is 0 Å². The van der Waals surface area contributed by atoms with Gasteiger partial charge in [0, 0.05) is 13.1 Å². The first-order valence-electron chi connectivity index (χ1n) is 7.67. The highest BCUT2D eigenvalue weighted by Gasteiger charge is 2.18. The molecule has 114 valence electrons. The van der Waals surface area contributed by atoms with Crippen LogP contribution in [0, 0.1) is 17.2 Å². The fraction of sp³-hybridized carbons (Fsp3) is 0.588. The number of aliphatic hydroxyl groups is 1. The maximum Gasteiger partial charge on any atom is 0.119 e. The molecule has 0 aliphatic heterocycles. The smallest absolute Gasteiger partial charge is 0.119 e. The Bertz CT molecular complexity index is 461. The molecule has 0 radical (unpaired) electrons. The van der Waals surface area contributed by atoms with Crippen LogP contribution in [0.1, 0.15) is 31.2 Å². The molecule has 1 aliphatic rings. The maximum absolute atomic E-state index is 10.0. The molecule has 21 heavy (non-hydrogen) atoms. The molecule has 1 aromatic carbocycles. The lowest BCUT2D eigenvalue weighted by Gasteiger charge is -2.23. The van der Waals surface area contributed by atoms with Crippen LogP contribution in [-0.2, 0) is 0 Å². The molecule has 1 fully saturated rings. The Morgan fingerprint density at radius 3 is 2.62 bits per heavy atom. The van der Waals surface area contributed by atoms with Crippen LogP contribution in [0.3, 0.4) is 0 Å². The van der Waals surface area contributed by atoms with Crippen molar-refractivity contribution in [1.82, 2.24) is 4.90 Å². The molecule has 1 saturated carbocycles. The number of nitriles is 1. The molecule has 1 aliphatic carbocycles. The summed E-state index contributed by atoms with van der Waals surface area (Å²) < 4.78 is 5.55. The van der Waals surface area contributed by atoms with Gasteiger partial charge in [0.05, 0.1) is 11.6 Å². The summed E-state index contributed by atoms with van der Waals surface area (Å²) in [5.41, 5.74) is 0.610. The van der Waals surface area contributed by atoms with Crippen LogP contribution in [-0.4, -0.2) is 42.9 Å². The number of hydrogen-bond acceptors (Lipinski definition) is 4. The van der Waals surface area contributed by atoms with Crippen molar-refractivity contribution >= 4 is 0 Å². The monoisotopic (exact) mass is 288 g/mol. The average molecular weight is 288 g/mol. The Morgan fingerprint density at radius 1 is 1.33 bits per heavy atom. The summed E-state index contributed by atoms with van der Waals surface area (Å²) in [4.78, 5) is 2.20. The third-order valence-corrected chi connectivity index (χ3v) is 3.99. The second kappa shape index (κ2) is 8.02. The molecule has 0 bridgehead atoms. The molecular formula is C17H24N2O2. The Labute approximate surface area is 127 Å². The number of nitrogens with zero attached hydrogens (tertiary/aromatic N) is 2. The Balaban J connectivity index is 1.68. The summed E-state index contributed by atoms with van der Waals surface area (Å²) in [7, 11) is 2.06. The second-order valence-electron chi connectivity index (χ2n) is 5.97. The predicted octanol–water partition coefficient (Wildman–Crippen LogP) is 2.42. The molecule has 1 unspecified atom stereocenters. The van der Waals surface area contributed by atoms with E-state index in [4.69, 9.17) is 10.00 Å². The lowest BCUT2D eigenvalue weighted by Crippen LogP contribution is -2.35. The van der Waals surface area contributed by atoms with Gasteiger partial charge in [-0.1, -0.05) is 12.8 Å². The first-order chi connectivity index (χ1) is 10.2. The highest BCUT2D eigenvalue weighted by molar-refractivity contribution is 5.34. The minimum absolute atomic E-state index is 0.279. The average Bonchev–Trinajstić information content (AvgIpc) is 2.98. The standard InChI is InChI=1S/C17H24N2O2/c1-19(11-15-4-2-3-5-15)12-16(20)13-21-17-8-6-14(10-18)7-9-17/h6-9,15-16,20H,2-5,11-13H2,1H3. The molecule has 0 aromatic heterocycles. The van der Waals surface area contributed by atoms with Crippen LogP contribution < -0.4 is 4.74 Å². The van der Waals surface area contributed by atoms with E-state index in [0.717, 1.165) is 12.5 Å². The van der Waals surface area contributed by atoms with Gasteiger partial charge in [-0.15, -0.1) is 0 Å². The van der Waals surface area contributed by atoms with E-state index in [2.05, 4.69) is 18.0 Å². The molecule has 4 heteroatoms. The second-order valence-corrected chi connectivity index (χ2v) is 5.97. The fourth-order valence-electron chi connectivity index (χ4n) is 2.94. The molecular weight excluding hydrogens is 264 g/mol. The Kier molecular flexibility index (Phi) is 6.04. The lowest BCUT2D eigenvalue weighted by molar-refractivity contribution is 0.0720. The van der Waals surface area contributed by atoms with Gasteiger partial charge in [0.15, 0.2) is 0 Å². The van der Waals surface area contributed by atoms with Crippen LogP contribution in [0.4, 0.5) is 0 Å². The summed E-state index contributed by atoms with van der Waals surface area (Å²) >= 11 is 0. The van der Waals surface area contributed by atoms with Crippen LogP contribution in [0.15, 0.2) is 24.3 Å². The van der Waals surface area contributed by atoms with Crippen molar-refractivity contribution in [2.24, 2.45) is 5.92 Å². The SMILES string of the molecule is CN(CC(O)COc1ccc(C#N)cc1)CC1CCCC1. The summed E-state index contributed by atoms with van der Waals surface area (Å²) in [6.07, 6.45) is 4.85. The van der Waals surface area contributed by atoms with Crippen LogP contribution in [0.5, 0.6) is 5.75 Å². The molecule has 0 heterocycles. The molecule has 0 saturated heterocycles. The summed E-state index contributed by atoms with van der Waals surface area (Å²) in [6.45, 7) is 1.97. The number of hydrogen-bond donors (Lipinski definition) is 1. The zero-order valence-electron chi connectivity index (χ0n) is 12.7. The summed E-state index contributed by atoms with van der Waals surface area (Å²) in [5.74, 6) is 1.48. The number of likely N-dealkylation sites (N-methyl/N-ethyl adjacent to an activating group) is 1. The third kappa shape index (κ3) is 5.37.